The van der Waals surface area contributed by atoms with Crippen LogP contribution >= 0.6 is 31.9 Å². The SMILES string of the molecule is O=COCCc1noc(-c2ccc(Br)cc2)c1Br. The van der Waals surface area contributed by atoms with Gasteiger partial charge in [0.2, 0.25) is 0 Å². The van der Waals surface area contributed by atoms with Gasteiger partial charge in [-0.1, -0.05) is 21.1 Å². The van der Waals surface area contributed by atoms with Crippen molar-refractivity contribution in [3.63, 3.8) is 0 Å². The van der Waals surface area contributed by atoms with Gasteiger partial charge in [-0.15, -0.1) is 0 Å². The van der Waals surface area contributed by atoms with E-state index in [0.29, 0.717) is 18.7 Å². The second-order valence-electron chi connectivity index (χ2n) is 3.50. The number of benzene rings is 1. The van der Waals surface area contributed by atoms with Crippen LogP contribution in [0, 0.1) is 0 Å². The topological polar surface area (TPSA) is 52.3 Å². The molecule has 94 valence electrons. The normalized spacial score (nSPS) is 10.3. The first-order chi connectivity index (χ1) is 8.72. The summed E-state index contributed by atoms with van der Waals surface area (Å²) in [5.74, 6) is 0.670. The lowest BCUT2D eigenvalue weighted by atomic mass is 10.1. The number of rotatable bonds is 5. The van der Waals surface area contributed by atoms with Gasteiger partial charge in [0, 0.05) is 16.5 Å². The molecule has 0 saturated heterocycles. The lowest BCUT2D eigenvalue weighted by Crippen LogP contribution is -1.97. The molecule has 0 aliphatic carbocycles. The first kappa shape index (κ1) is 13.3. The van der Waals surface area contributed by atoms with Crippen LogP contribution < -0.4 is 0 Å². The Morgan fingerprint density at radius 2 is 2.00 bits per heavy atom. The fourth-order valence-corrected chi connectivity index (χ4v) is 2.29. The summed E-state index contributed by atoms with van der Waals surface area (Å²) in [4.78, 5) is 10.1. The van der Waals surface area contributed by atoms with E-state index >= 15 is 0 Å². The summed E-state index contributed by atoms with van der Waals surface area (Å²) < 4.78 is 11.7. The highest BCUT2D eigenvalue weighted by Crippen LogP contribution is 2.31. The number of carbonyl (C=O) groups excluding carboxylic acids is 1. The van der Waals surface area contributed by atoms with Crippen LogP contribution in [0.25, 0.3) is 11.3 Å². The van der Waals surface area contributed by atoms with E-state index in [-0.39, 0.29) is 6.61 Å². The molecule has 1 heterocycles. The largest absolute Gasteiger partial charge is 0.467 e. The Hall–Kier alpha value is -1.14. The van der Waals surface area contributed by atoms with Crippen LogP contribution in [0.15, 0.2) is 37.7 Å². The molecule has 2 rings (SSSR count). The van der Waals surface area contributed by atoms with Gasteiger partial charge < -0.3 is 9.26 Å². The highest BCUT2D eigenvalue weighted by atomic mass is 79.9. The zero-order chi connectivity index (χ0) is 13.0. The quantitative estimate of drug-likeness (QED) is 0.592. The molecule has 18 heavy (non-hydrogen) atoms. The number of hydrogen-bond donors (Lipinski definition) is 0. The molecule has 1 aromatic carbocycles. The number of hydrogen-bond acceptors (Lipinski definition) is 4. The van der Waals surface area contributed by atoms with Crippen molar-refractivity contribution in [2.45, 2.75) is 6.42 Å². The van der Waals surface area contributed by atoms with Gasteiger partial charge >= 0.3 is 0 Å². The molecule has 0 amide bonds. The predicted molar refractivity (Wildman–Crippen MR) is 73.1 cm³/mol. The Balaban J connectivity index is 2.19. The van der Waals surface area contributed by atoms with Gasteiger partial charge in [0.05, 0.1) is 11.1 Å². The molecule has 0 spiro atoms. The summed E-state index contributed by atoms with van der Waals surface area (Å²) in [5, 5.41) is 3.96. The van der Waals surface area contributed by atoms with E-state index in [1.807, 2.05) is 24.3 Å². The third kappa shape index (κ3) is 3.00. The van der Waals surface area contributed by atoms with Gasteiger partial charge in [-0.2, -0.15) is 0 Å². The second kappa shape index (κ2) is 6.15. The summed E-state index contributed by atoms with van der Waals surface area (Å²) in [7, 11) is 0. The average Bonchev–Trinajstić information content (AvgIpc) is 2.73. The van der Waals surface area contributed by atoms with Crippen LogP contribution in [0.2, 0.25) is 0 Å². The zero-order valence-corrected chi connectivity index (χ0v) is 12.4. The molecule has 0 saturated carbocycles. The van der Waals surface area contributed by atoms with Crippen molar-refractivity contribution in [3.05, 3.63) is 38.9 Å². The summed E-state index contributed by atoms with van der Waals surface area (Å²) in [6.07, 6.45) is 0.513. The maximum absolute atomic E-state index is 10.1. The van der Waals surface area contributed by atoms with Crippen molar-refractivity contribution < 1.29 is 14.1 Å². The molecule has 6 heteroatoms. The molecule has 2 aromatic rings. The summed E-state index contributed by atoms with van der Waals surface area (Å²) in [5.41, 5.74) is 1.66. The van der Waals surface area contributed by atoms with Crippen LogP contribution in [-0.4, -0.2) is 18.2 Å². The molecule has 0 N–H and O–H groups in total. The van der Waals surface area contributed by atoms with E-state index in [4.69, 9.17) is 4.52 Å². The van der Waals surface area contributed by atoms with Crippen molar-refractivity contribution >= 4 is 38.3 Å². The second-order valence-corrected chi connectivity index (χ2v) is 5.20. The first-order valence-corrected chi connectivity index (χ1v) is 6.76. The smallest absolute Gasteiger partial charge is 0.293 e. The maximum atomic E-state index is 10.1. The number of aromatic nitrogens is 1. The molecule has 0 aliphatic heterocycles. The van der Waals surface area contributed by atoms with E-state index in [1.165, 1.54) is 0 Å². The van der Waals surface area contributed by atoms with Gasteiger partial charge in [0.15, 0.2) is 5.76 Å². The molecule has 0 bridgehead atoms. The highest BCUT2D eigenvalue weighted by Gasteiger charge is 2.15. The minimum atomic E-state index is 0.286. The predicted octanol–water partition coefficient (Wildman–Crippen LogP) is 3.58. The fourth-order valence-electron chi connectivity index (χ4n) is 1.45. The number of ether oxygens (including phenoxy) is 1. The summed E-state index contributed by atoms with van der Waals surface area (Å²) in [6, 6.07) is 7.72. The minimum Gasteiger partial charge on any atom is -0.467 e. The van der Waals surface area contributed by atoms with Crippen LogP contribution in [-0.2, 0) is 16.0 Å². The van der Waals surface area contributed by atoms with E-state index in [1.54, 1.807) is 0 Å². The Bertz CT molecular complexity index is 537. The van der Waals surface area contributed by atoms with Crippen molar-refractivity contribution in [1.29, 1.82) is 0 Å². The van der Waals surface area contributed by atoms with E-state index in [2.05, 4.69) is 41.8 Å². The van der Waals surface area contributed by atoms with Crippen LogP contribution in [0.5, 0.6) is 0 Å². The van der Waals surface area contributed by atoms with Gasteiger partial charge in [0.25, 0.3) is 6.47 Å². The standard InChI is InChI=1S/C12H9Br2NO3/c13-9-3-1-8(2-4-9)12-11(14)10(15-18-12)5-6-17-7-16/h1-4,7H,5-6H2. The Kier molecular flexibility index (Phi) is 4.54. The third-order valence-corrected chi connectivity index (χ3v) is 3.68. The molecule has 4 nitrogen and oxygen atoms in total. The van der Waals surface area contributed by atoms with E-state index in [9.17, 15) is 4.79 Å². The van der Waals surface area contributed by atoms with Crippen LogP contribution in [0.3, 0.4) is 0 Å². The van der Waals surface area contributed by atoms with E-state index in [0.717, 1.165) is 20.2 Å². The molecule has 0 radical (unpaired) electrons. The number of carbonyl (C=O) groups is 1. The lowest BCUT2D eigenvalue weighted by molar-refractivity contribution is -0.128. The number of halogens is 2. The van der Waals surface area contributed by atoms with Crippen molar-refractivity contribution in [3.8, 4) is 11.3 Å². The minimum absolute atomic E-state index is 0.286. The van der Waals surface area contributed by atoms with Gasteiger partial charge in [-0.25, -0.2) is 0 Å². The van der Waals surface area contributed by atoms with Gasteiger partial charge in [0.1, 0.15) is 5.69 Å². The van der Waals surface area contributed by atoms with E-state index < -0.39 is 0 Å². The van der Waals surface area contributed by atoms with Crippen molar-refractivity contribution in [1.82, 2.24) is 5.16 Å². The first-order valence-electron chi connectivity index (χ1n) is 5.17. The van der Waals surface area contributed by atoms with Gasteiger partial charge in [-0.3, -0.25) is 4.79 Å². The third-order valence-electron chi connectivity index (χ3n) is 2.33. The Labute approximate surface area is 121 Å². The molecule has 0 aliphatic rings. The summed E-state index contributed by atoms with van der Waals surface area (Å²) >= 11 is 6.82. The molecule has 0 fully saturated rings. The molecular formula is C12H9Br2NO3. The molecule has 1 aromatic heterocycles. The monoisotopic (exact) mass is 373 g/mol. The summed E-state index contributed by atoms with van der Waals surface area (Å²) in [6.45, 7) is 0.706. The van der Waals surface area contributed by atoms with Gasteiger partial charge in [-0.05, 0) is 40.2 Å². The average molecular weight is 375 g/mol. The highest BCUT2D eigenvalue weighted by molar-refractivity contribution is 9.10. The fraction of sp³-hybridized carbons (Fsp3) is 0.167. The van der Waals surface area contributed by atoms with Crippen LogP contribution in [0.4, 0.5) is 0 Å². The molecule has 0 atom stereocenters. The Morgan fingerprint density at radius 1 is 1.28 bits per heavy atom. The lowest BCUT2D eigenvalue weighted by Gasteiger charge is -1.98. The number of nitrogens with zero attached hydrogens (tertiary/aromatic N) is 1. The Morgan fingerprint density at radius 3 is 2.67 bits per heavy atom. The van der Waals surface area contributed by atoms with Crippen molar-refractivity contribution in [2.24, 2.45) is 0 Å². The molecular weight excluding hydrogens is 366 g/mol. The van der Waals surface area contributed by atoms with Crippen LogP contribution in [0.1, 0.15) is 5.69 Å². The molecule has 0 unspecified atom stereocenters. The van der Waals surface area contributed by atoms with Crippen molar-refractivity contribution in [2.75, 3.05) is 6.61 Å². The zero-order valence-electron chi connectivity index (χ0n) is 9.23. The maximum Gasteiger partial charge on any atom is 0.293 e.